The van der Waals surface area contributed by atoms with Gasteiger partial charge in [0.15, 0.2) is 5.75 Å². The van der Waals surface area contributed by atoms with Crippen molar-refractivity contribution < 1.29 is 32.5 Å². The first-order valence-electron chi connectivity index (χ1n) is 13.5. The van der Waals surface area contributed by atoms with Crippen molar-refractivity contribution in [1.29, 1.82) is 0 Å². The summed E-state index contributed by atoms with van der Waals surface area (Å²) in [7, 11) is 0. The van der Waals surface area contributed by atoms with E-state index in [9.17, 15) is 23.1 Å². The van der Waals surface area contributed by atoms with E-state index in [0.29, 0.717) is 41.2 Å². The minimum atomic E-state index is -3.11. The summed E-state index contributed by atoms with van der Waals surface area (Å²) in [5, 5.41) is 15.5. The number of rotatable bonds is 10. The number of halogens is 4. The fourth-order valence-electron chi connectivity index (χ4n) is 5.04. The zero-order chi connectivity index (χ0) is 30.2. The Morgan fingerprint density at radius 1 is 1.19 bits per heavy atom. The molecule has 1 fully saturated rings. The smallest absolute Gasteiger partial charge is 0.387 e. The molecule has 0 unspecified atom stereocenters. The van der Waals surface area contributed by atoms with E-state index >= 15 is 0 Å². The molecule has 2 N–H and O–H groups in total. The second kappa shape index (κ2) is 11.8. The molecule has 1 aliphatic carbocycles. The molecule has 0 spiro atoms. The summed E-state index contributed by atoms with van der Waals surface area (Å²) >= 11 is 6.17. The van der Waals surface area contributed by atoms with Crippen LogP contribution < -0.4 is 14.8 Å². The van der Waals surface area contributed by atoms with E-state index in [-0.39, 0.29) is 46.2 Å². The van der Waals surface area contributed by atoms with E-state index in [0.717, 1.165) is 5.56 Å². The van der Waals surface area contributed by atoms with E-state index in [2.05, 4.69) is 20.0 Å². The molecule has 42 heavy (non-hydrogen) atoms. The number of pyridine rings is 2. The Morgan fingerprint density at radius 2 is 1.95 bits per heavy atom. The number of ether oxygens (including phenoxy) is 2. The maximum absolute atomic E-state index is 15.0. The average Bonchev–Trinajstić information content (AvgIpc) is 3.79. The molecule has 7 nitrogen and oxygen atoms in total. The topological polar surface area (TPSA) is 93.6 Å². The molecule has 1 amide bonds. The predicted octanol–water partition coefficient (Wildman–Crippen LogP) is 6.73. The standard InChI is InChI=1S/C31H29ClF3N3O4/c1-4-41-28-17(3)10-25(38-27(28)22-13-21(32)7-8-23(22)33)31(40,20-5-6-20)15-37-29(39)19-11-18-9-16(2)14-36-26(18)24(12-19)42-30(34)35/h7-14,20,30,40H,4-6,15H2,1-3H3,(H,37,39)/t31-/m1/s1. The van der Waals surface area contributed by atoms with Crippen molar-refractivity contribution >= 4 is 28.4 Å². The zero-order valence-electron chi connectivity index (χ0n) is 23.2. The first-order chi connectivity index (χ1) is 20.0. The number of carbonyl (C=O) groups excluding carboxylic acids is 1. The monoisotopic (exact) mass is 599 g/mol. The van der Waals surface area contributed by atoms with Gasteiger partial charge in [-0.1, -0.05) is 11.6 Å². The molecular formula is C31H29ClF3N3O4. The summed E-state index contributed by atoms with van der Waals surface area (Å²) in [4.78, 5) is 22.2. The number of aryl methyl sites for hydroxylation is 2. The van der Waals surface area contributed by atoms with E-state index < -0.39 is 23.9 Å². The molecule has 4 aromatic rings. The molecule has 5 rings (SSSR count). The highest BCUT2D eigenvalue weighted by molar-refractivity contribution is 6.30. The van der Waals surface area contributed by atoms with Crippen LogP contribution in [0, 0.1) is 25.6 Å². The third-order valence-corrected chi connectivity index (χ3v) is 7.44. The van der Waals surface area contributed by atoms with Crippen molar-refractivity contribution in [3.63, 3.8) is 0 Å². The normalized spacial score (nSPS) is 14.6. The average molecular weight is 600 g/mol. The summed E-state index contributed by atoms with van der Waals surface area (Å²) in [5.74, 6) is -1.27. The van der Waals surface area contributed by atoms with E-state index in [1.54, 1.807) is 32.9 Å². The fourth-order valence-corrected chi connectivity index (χ4v) is 5.21. The third kappa shape index (κ3) is 6.00. The van der Waals surface area contributed by atoms with Crippen LogP contribution in [0.4, 0.5) is 13.2 Å². The van der Waals surface area contributed by atoms with Crippen LogP contribution in [0.2, 0.25) is 5.02 Å². The molecule has 0 aliphatic heterocycles. The summed E-state index contributed by atoms with van der Waals surface area (Å²) in [6, 6.07) is 10.2. The van der Waals surface area contributed by atoms with Gasteiger partial charge in [-0.25, -0.2) is 9.37 Å². The van der Waals surface area contributed by atoms with E-state index in [4.69, 9.17) is 16.3 Å². The number of aliphatic hydroxyl groups is 1. The van der Waals surface area contributed by atoms with Gasteiger partial charge in [-0.3, -0.25) is 9.78 Å². The highest BCUT2D eigenvalue weighted by atomic mass is 35.5. The number of hydrogen-bond acceptors (Lipinski definition) is 6. The van der Waals surface area contributed by atoms with Crippen molar-refractivity contribution in [3.8, 4) is 22.8 Å². The lowest BCUT2D eigenvalue weighted by molar-refractivity contribution is -0.0489. The molecule has 0 bridgehead atoms. The summed E-state index contributed by atoms with van der Waals surface area (Å²) < 4.78 is 51.7. The highest BCUT2D eigenvalue weighted by Crippen LogP contribution is 2.47. The maximum atomic E-state index is 15.0. The van der Waals surface area contributed by atoms with Gasteiger partial charge in [0.2, 0.25) is 0 Å². The number of hydrogen-bond donors (Lipinski definition) is 2. The first-order valence-corrected chi connectivity index (χ1v) is 13.8. The molecule has 0 radical (unpaired) electrons. The Labute approximate surface area is 245 Å². The van der Waals surface area contributed by atoms with E-state index in [1.165, 1.54) is 36.5 Å². The van der Waals surface area contributed by atoms with Gasteiger partial charge in [0.1, 0.15) is 28.4 Å². The minimum Gasteiger partial charge on any atom is -0.491 e. The zero-order valence-corrected chi connectivity index (χ0v) is 23.9. The number of nitrogens with zero attached hydrogens (tertiary/aromatic N) is 2. The van der Waals surface area contributed by atoms with Crippen LogP contribution in [-0.2, 0) is 5.60 Å². The van der Waals surface area contributed by atoms with Gasteiger partial charge in [-0.15, -0.1) is 0 Å². The van der Waals surface area contributed by atoms with Crippen LogP contribution in [0.1, 0.15) is 46.9 Å². The molecule has 11 heteroatoms. The number of amides is 1. The molecule has 220 valence electrons. The summed E-state index contributed by atoms with van der Waals surface area (Å²) in [5.41, 5.74) is 0.575. The van der Waals surface area contributed by atoms with Crippen molar-refractivity contribution in [1.82, 2.24) is 15.3 Å². The molecule has 1 saturated carbocycles. The molecular weight excluding hydrogens is 571 g/mol. The number of benzene rings is 2. The fraction of sp³-hybridized carbons (Fsp3) is 0.323. The Kier molecular flexibility index (Phi) is 8.30. The van der Waals surface area contributed by atoms with Gasteiger partial charge < -0.3 is 19.9 Å². The van der Waals surface area contributed by atoms with Crippen LogP contribution >= 0.6 is 11.6 Å². The number of alkyl halides is 2. The summed E-state index contributed by atoms with van der Waals surface area (Å²) in [6.07, 6.45) is 2.90. The Bertz CT molecular complexity index is 1660. The molecule has 0 saturated heterocycles. The largest absolute Gasteiger partial charge is 0.491 e. The second-order valence-corrected chi connectivity index (χ2v) is 10.8. The number of aromatic nitrogens is 2. The first kappa shape index (κ1) is 29.6. The van der Waals surface area contributed by atoms with Crippen molar-refractivity contribution in [2.45, 2.75) is 45.8 Å². The minimum absolute atomic E-state index is 0.0567. The maximum Gasteiger partial charge on any atom is 0.387 e. The van der Waals surface area contributed by atoms with Crippen LogP contribution in [-0.4, -0.2) is 40.7 Å². The quantitative estimate of drug-likeness (QED) is 0.210. The van der Waals surface area contributed by atoms with Crippen molar-refractivity contribution in [2.24, 2.45) is 5.92 Å². The van der Waals surface area contributed by atoms with Crippen LogP contribution in [0.3, 0.4) is 0 Å². The lowest BCUT2D eigenvalue weighted by atomic mass is 9.90. The van der Waals surface area contributed by atoms with Crippen molar-refractivity contribution in [3.05, 3.63) is 81.9 Å². The van der Waals surface area contributed by atoms with Gasteiger partial charge >= 0.3 is 6.61 Å². The molecule has 1 atom stereocenters. The Hall–Kier alpha value is -3.89. The van der Waals surface area contributed by atoms with Gasteiger partial charge in [0.25, 0.3) is 5.91 Å². The molecule has 2 heterocycles. The SMILES string of the molecule is CCOc1c(C)cc([C@@](O)(CNC(=O)c2cc(OC(F)F)c3ncc(C)cc3c2)C2CC2)nc1-c1cc(Cl)ccc1F. The van der Waals surface area contributed by atoms with Crippen LogP contribution in [0.25, 0.3) is 22.2 Å². The van der Waals surface area contributed by atoms with E-state index in [1.807, 2.05) is 0 Å². The summed E-state index contributed by atoms with van der Waals surface area (Å²) in [6.45, 7) is 2.31. The van der Waals surface area contributed by atoms with Crippen LogP contribution in [0.5, 0.6) is 11.5 Å². The highest BCUT2D eigenvalue weighted by Gasteiger charge is 2.47. The lowest BCUT2D eigenvalue weighted by Crippen LogP contribution is -2.43. The van der Waals surface area contributed by atoms with Gasteiger partial charge in [0, 0.05) is 27.7 Å². The van der Waals surface area contributed by atoms with Gasteiger partial charge in [0.05, 0.1) is 18.8 Å². The lowest BCUT2D eigenvalue weighted by Gasteiger charge is -2.29. The molecule has 2 aromatic heterocycles. The number of nitrogens with one attached hydrogen (secondary N) is 1. The van der Waals surface area contributed by atoms with Crippen LogP contribution in [0.15, 0.2) is 48.7 Å². The molecule has 2 aromatic carbocycles. The van der Waals surface area contributed by atoms with Crippen molar-refractivity contribution in [2.75, 3.05) is 13.2 Å². The number of carbonyl (C=O) groups is 1. The van der Waals surface area contributed by atoms with Gasteiger partial charge in [-0.05, 0) is 93.1 Å². The second-order valence-electron chi connectivity index (χ2n) is 10.4. The Balaban J connectivity index is 1.51. The van der Waals surface area contributed by atoms with Gasteiger partial charge in [-0.2, -0.15) is 8.78 Å². The number of fused-ring (bicyclic) bond motifs is 1. The molecule has 1 aliphatic rings. The third-order valence-electron chi connectivity index (χ3n) is 7.21. The predicted molar refractivity (Wildman–Crippen MR) is 153 cm³/mol. The Morgan fingerprint density at radius 3 is 2.64 bits per heavy atom.